The number of hydrogen-bond donors (Lipinski definition) is 1. The van der Waals surface area contributed by atoms with Crippen molar-refractivity contribution in [2.45, 2.75) is 26.1 Å². The average Bonchev–Trinajstić information content (AvgIpc) is 2.08. The molecule has 1 nitrogen and oxygen atoms in total. The normalized spacial score (nSPS) is 13.9. The molecular weight excluding hydrogens is 222 g/mol. The molecule has 0 aliphatic carbocycles. The molecule has 5 heteroatoms. The van der Waals surface area contributed by atoms with Gasteiger partial charge in [-0.25, -0.2) is 4.39 Å². The summed E-state index contributed by atoms with van der Waals surface area (Å²) >= 11 is 0. The second kappa shape index (κ2) is 4.41. The molecule has 1 unspecified atom stereocenters. The Hall–Kier alpha value is -1.10. The van der Waals surface area contributed by atoms with Gasteiger partial charge in [0.25, 0.3) is 0 Å². The Balaban J connectivity index is 3.31. The van der Waals surface area contributed by atoms with E-state index in [1.807, 2.05) is 0 Å². The highest BCUT2D eigenvalue weighted by Crippen LogP contribution is 2.35. The van der Waals surface area contributed by atoms with Gasteiger partial charge in [0.05, 0.1) is 0 Å². The predicted molar refractivity (Wildman–Crippen MR) is 53.7 cm³/mol. The number of nitrogens with one attached hydrogen (secondary N) is 1. The molecule has 0 aliphatic rings. The van der Waals surface area contributed by atoms with Crippen LogP contribution in [0.15, 0.2) is 12.1 Å². The summed E-state index contributed by atoms with van der Waals surface area (Å²) in [7, 11) is 1.24. The molecule has 0 amide bonds. The lowest BCUT2D eigenvalue weighted by atomic mass is 9.95. The van der Waals surface area contributed by atoms with E-state index in [1.165, 1.54) is 20.9 Å². The topological polar surface area (TPSA) is 12.0 Å². The van der Waals surface area contributed by atoms with Gasteiger partial charge in [-0.2, -0.15) is 13.2 Å². The Morgan fingerprint density at radius 3 is 1.88 bits per heavy atom. The van der Waals surface area contributed by atoms with Crippen molar-refractivity contribution >= 4 is 0 Å². The van der Waals surface area contributed by atoms with Gasteiger partial charge in [-0.1, -0.05) is 0 Å². The van der Waals surface area contributed by atoms with Crippen LogP contribution in [0.3, 0.4) is 0 Å². The van der Waals surface area contributed by atoms with Crippen LogP contribution in [0.1, 0.15) is 22.7 Å². The van der Waals surface area contributed by atoms with Gasteiger partial charge in [-0.05, 0) is 49.7 Å². The van der Waals surface area contributed by atoms with Crippen LogP contribution in [-0.4, -0.2) is 13.2 Å². The summed E-state index contributed by atoms with van der Waals surface area (Å²) in [4.78, 5) is 0. The third-order valence-electron chi connectivity index (χ3n) is 2.46. The lowest BCUT2D eigenvalue weighted by Gasteiger charge is -2.23. The van der Waals surface area contributed by atoms with E-state index in [2.05, 4.69) is 5.32 Å². The standard InChI is InChI=1S/C11H13F4N/c1-6-4-8(12)5-7(2)9(6)10(16-3)11(13,14)15/h4-5,10,16H,1-3H3. The third-order valence-corrected chi connectivity index (χ3v) is 2.46. The highest BCUT2D eigenvalue weighted by molar-refractivity contribution is 5.37. The Kier molecular flexibility index (Phi) is 3.57. The maximum atomic E-state index is 13.0. The molecule has 1 aromatic rings. The summed E-state index contributed by atoms with van der Waals surface area (Å²) in [5, 5.41) is 2.21. The van der Waals surface area contributed by atoms with Gasteiger partial charge in [0.2, 0.25) is 0 Å². The lowest BCUT2D eigenvalue weighted by molar-refractivity contribution is -0.156. The van der Waals surface area contributed by atoms with E-state index < -0.39 is 18.0 Å². The molecule has 0 radical (unpaired) electrons. The molecule has 0 saturated carbocycles. The molecule has 0 fully saturated rings. The molecule has 0 bridgehead atoms. The Labute approximate surface area is 91.5 Å². The molecule has 16 heavy (non-hydrogen) atoms. The van der Waals surface area contributed by atoms with E-state index >= 15 is 0 Å². The van der Waals surface area contributed by atoms with Crippen LogP contribution in [0, 0.1) is 19.7 Å². The molecular formula is C11H13F4N. The van der Waals surface area contributed by atoms with Crippen LogP contribution in [0.5, 0.6) is 0 Å². The smallest absolute Gasteiger partial charge is 0.306 e. The first-order chi connectivity index (χ1) is 7.27. The summed E-state index contributed by atoms with van der Waals surface area (Å²) in [5.74, 6) is -0.518. The summed E-state index contributed by atoms with van der Waals surface area (Å²) in [6.07, 6.45) is -4.39. The molecule has 1 atom stereocenters. The van der Waals surface area contributed by atoms with E-state index in [-0.39, 0.29) is 5.56 Å². The summed E-state index contributed by atoms with van der Waals surface area (Å²) < 4.78 is 51.1. The lowest BCUT2D eigenvalue weighted by Crippen LogP contribution is -2.32. The number of hydrogen-bond acceptors (Lipinski definition) is 1. The van der Waals surface area contributed by atoms with Gasteiger partial charge in [0.15, 0.2) is 0 Å². The Morgan fingerprint density at radius 1 is 1.12 bits per heavy atom. The van der Waals surface area contributed by atoms with Crippen molar-refractivity contribution < 1.29 is 17.6 Å². The van der Waals surface area contributed by atoms with Crippen molar-refractivity contribution in [3.63, 3.8) is 0 Å². The van der Waals surface area contributed by atoms with E-state index in [4.69, 9.17) is 0 Å². The van der Waals surface area contributed by atoms with Crippen LogP contribution in [-0.2, 0) is 0 Å². The number of rotatable bonds is 2. The Morgan fingerprint density at radius 2 is 1.56 bits per heavy atom. The van der Waals surface area contributed by atoms with E-state index in [1.54, 1.807) is 0 Å². The number of halogens is 4. The first kappa shape index (κ1) is 13.0. The zero-order chi connectivity index (χ0) is 12.5. The minimum absolute atomic E-state index is 0.0939. The van der Waals surface area contributed by atoms with Gasteiger partial charge in [0.1, 0.15) is 11.9 Å². The number of alkyl halides is 3. The fourth-order valence-corrected chi connectivity index (χ4v) is 1.85. The highest BCUT2D eigenvalue weighted by Gasteiger charge is 2.41. The van der Waals surface area contributed by atoms with Crippen molar-refractivity contribution in [3.8, 4) is 0 Å². The van der Waals surface area contributed by atoms with Crippen molar-refractivity contribution in [1.82, 2.24) is 5.32 Å². The molecule has 0 spiro atoms. The zero-order valence-corrected chi connectivity index (χ0v) is 9.24. The van der Waals surface area contributed by atoms with Crippen LogP contribution >= 0.6 is 0 Å². The molecule has 0 saturated heterocycles. The van der Waals surface area contributed by atoms with Crippen molar-refractivity contribution in [1.29, 1.82) is 0 Å². The van der Waals surface area contributed by atoms with E-state index in [0.717, 1.165) is 12.1 Å². The van der Waals surface area contributed by atoms with Crippen molar-refractivity contribution in [3.05, 3.63) is 34.6 Å². The largest absolute Gasteiger partial charge is 0.407 e. The molecule has 1 rings (SSSR count). The van der Waals surface area contributed by atoms with Gasteiger partial charge < -0.3 is 5.32 Å². The van der Waals surface area contributed by atoms with E-state index in [9.17, 15) is 17.6 Å². The van der Waals surface area contributed by atoms with Gasteiger partial charge in [-0.15, -0.1) is 0 Å². The minimum atomic E-state index is -4.39. The van der Waals surface area contributed by atoms with Crippen LogP contribution in [0.4, 0.5) is 17.6 Å². The highest BCUT2D eigenvalue weighted by atomic mass is 19.4. The molecule has 0 heterocycles. The van der Waals surface area contributed by atoms with Gasteiger partial charge in [0, 0.05) is 0 Å². The Bertz CT molecular complexity index is 361. The van der Waals surface area contributed by atoms with Crippen LogP contribution in [0.25, 0.3) is 0 Å². The van der Waals surface area contributed by atoms with Crippen molar-refractivity contribution in [2.24, 2.45) is 0 Å². The summed E-state index contributed by atoms with van der Waals surface area (Å²) in [6.45, 7) is 2.95. The van der Waals surface area contributed by atoms with Crippen LogP contribution < -0.4 is 5.32 Å². The average molecular weight is 235 g/mol. The third kappa shape index (κ3) is 2.52. The first-order valence-electron chi connectivity index (χ1n) is 4.78. The summed E-state index contributed by atoms with van der Waals surface area (Å²) in [5.41, 5.74) is 0.694. The quantitative estimate of drug-likeness (QED) is 0.776. The predicted octanol–water partition coefficient (Wildman–Crippen LogP) is 3.27. The molecule has 1 aromatic carbocycles. The SMILES string of the molecule is CNC(c1c(C)cc(F)cc1C)C(F)(F)F. The van der Waals surface area contributed by atoms with E-state index in [0.29, 0.717) is 11.1 Å². The number of aryl methyl sites for hydroxylation is 2. The fourth-order valence-electron chi connectivity index (χ4n) is 1.85. The van der Waals surface area contributed by atoms with Crippen LogP contribution in [0.2, 0.25) is 0 Å². The monoisotopic (exact) mass is 235 g/mol. The maximum absolute atomic E-state index is 13.0. The second-order valence-corrected chi connectivity index (χ2v) is 3.72. The molecule has 90 valence electrons. The second-order valence-electron chi connectivity index (χ2n) is 3.72. The zero-order valence-electron chi connectivity index (χ0n) is 9.24. The first-order valence-corrected chi connectivity index (χ1v) is 4.78. The van der Waals surface area contributed by atoms with Crippen molar-refractivity contribution in [2.75, 3.05) is 7.05 Å². The maximum Gasteiger partial charge on any atom is 0.407 e. The molecule has 0 aliphatic heterocycles. The molecule has 0 aromatic heterocycles. The van der Waals surface area contributed by atoms with Gasteiger partial charge >= 0.3 is 6.18 Å². The fraction of sp³-hybridized carbons (Fsp3) is 0.455. The number of benzene rings is 1. The van der Waals surface area contributed by atoms with Gasteiger partial charge in [-0.3, -0.25) is 0 Å². The summed E-state index contributed by atoms with van der Waals surface area (Å²) in [6, 6.07) is 0.463. The molecule has 1 N–H and O–H groups in total. The minimum Gasteiger partial charge on any atom is -0.306 e.